The first kappa shape index (κ1) is 22.9. The fraction of sp³-hybridized carbons (Fsp3) is 0.231. The molecular formula is C26H20ClN5O2. The van der Waals surface area contributed by atoms with E-state index in [0.717, 1.165) is 5.56 Å². The lowest BCUT2D eigenvalue weighted by atomic mass is 9.58. The van der Waals surface area contributed by atoms with Gasteiger partial charge < -0.3 is 15.4 Å². The second-order valence-electron chi connectivity index (χ2n) is 8.18. The number of hydrogen-bond donors (Lipinski definition) is 1. The lowest BCUT2D eigenvalue weighted by molar-refractivity contribution is 0.0898. The molecule has 34 heavy (non-hydrogen) atoms. The number of nitriles is 3. The van der Waals surface area contributed by atoms with Gasteiger partial charge in [0, 0.05) is 29.9 Å². The van der Waals surface area contributed by atoms with E-state index in [9.17, 15) is 20.6 Å². The predicted molar refractivity (Wildman–Crippen MR) is 124 cm³/mol. The van der Waals surface area contributed by atoms with E-state index < -0.39 is 23.3 Å². The number of ether oxygens (including phenoxy) is 1. The second-order valence-corrected chi connectivity index (χ2v) is 8.61. The van der Waals surface area contributed by atoms with Gasteiger partial charge in [-0.2, -0.15) is 15.8 Å². The Morgan fingerprint density at radius 1 is 1.15 bits per heavy atom. The Labute approximate surface area is 202 Å². The fourth-order valence-corrected chi connectivity index (χ4v) is 4.91. The summed E-state index contributed by atoms with van der Waals surface area (Å²) in [7, 11) is 0. The molecule has 1 amide bonds. The molecule has 1 heterocycles. The van der Waals surface area contributed by atoms with E-state index in [0.29, 0.717) is 16.2 Å². The van der Waals surface area contributed by atoms with Gasteiger partial charge in [-0.25, -0.2) is 4.79 Å². The van der Waals surface area contributed by atoms with Gasteiger partial charge >= 0.3 is 6.09 Å². The maximum atomic E-state index is 12.9. The topological polar surface area (TPSA) is 127 Å². The summed E-state index contributed by atoms with van der Waals surface area (Å²) in [6.45, 7) is 0.484. The van der Waals surface area contributed by atoms with Crippen molar-refractivity contribution in [2.24, 2.45) is 17.1 Å². The Morgan fingerprint density at radius 3 is 2.53 bits per heavy atom. The minimum Gasteiger partial charge on any atom is -0.445 e. The van der Waals surface area contributed by atoms with Gasteiger partial charge in [-0.3, -0.25) is 0 Å². The zero-order valence-electron chi connectivity index (χ0n) is 18.1. The molecule has 0 radical (unpaired) electrons. The predicted octanol–water partition coefficient (Wildman–Crippen LogP) is 4.40. The van der Waals surface area contributed by atoms with Crippen LogP contribution >= 0.6 is 11.6 Å². The van der Waals surface area contributed by atoms with Crippen molar-refractivity contribution in [3.8, 4) is 18.2 Å². The van der Waals surface area contributed by atoms with E-state index >= 15 is 0 Å². The molecule has 0 saturated carbocycles. The Hall–Kier alpha value is -4.25. The lowest BCUT2D eigenvalue weighted by Gasteiger charge is -2.45. The van der Waals surface area contributed by atoms with Crippen molar-refractivity contribution in [1.29, 1.82) is 15.8 Å². The number of nitrogens with zero attached hydrogens (tertiary/aromatic N) is 4. The zero-order chi connectivity index (χ0) is 24.3. The third kappa shape index (κ3) is 3.86. The molecule has 2 aromatic rings. The lowest BCUT2D eigenvalue weighted by Crippen LogP contribution is -2.49. The molecule has 4 rings (SSSR count). The van der Waals surface area contributed by atoms with Crippen molar-refractivity contribution < 1.29 is 9.53 Å². The van der Waals surface area contributed by atoms with Crippen LogP contribution in [0.1, 0.15) is 17.0 Å². The maximum absolute atomic E-state index is 12.9. The van der Waals surface area contributed by atoms with Crippen molar-refractivity contribution in [2.75, 3.05) is 13.1 Å². The normalized spacial score (nSPS) is 20.8. The van der Waals surface area contributed by atoms with Gasteiger partial charge in [0.15, 0.2) is 5.41 Å². The smallest absolute Gasteiger partial charge is 0.410 e. The Bertz CT molecular complexity index is 1300. The van der Waals surface area contributed by atoms with Gasteiger partial charge in [-0.1, -0.05) is 60.1 Å². The molecule has 0 aromatic heterocycles. The van der Waals surface area contributed by atoms with Gasteiger partial charge in [-0.05, 0) is 28.8 Å². The number of amides is 1. The molecule has 0 spiro atoms. The Balaban J connectivity index is 1.74. The first-order valence-electron chi connectivity index (χ1n) is 10.6. The average molecular weight is 470 g/mol. The SMILES string of the molecule is N#CC1=C(N)C(C#N)(C#N)[C@H](c2cccc(Cl)c2)[C@H]2CN(C(=O)OCc3ccccc3)CC=C12. The number of rotatable bonds is 3. The van der Waals surface area contributed by atoms with Crippen LogP contribution < -0.4 is 5.73 Å². The minimum absolute atomic E-state index is 0.0763. The molecule has 0 saturated heterocycles. The summed E-state index contributed by atoms with van der Waals surface area (Å²) in [5, 5.41) is 30.6. The summed E-state index contributed by atoms with van der Waals surface area (Å²) in [5.74, 6) is -1.27. The molecule has 7 nitrogen and oxygen atoms in total. The summed E-state index contributed by atoms with van der Waals surface area (Å²) in [6.07, 6.45) is 1.23. The quantitative estimate of drug-likeness (QED) is 0.709. The van der Waals surface area contributed by atoms with E-state index in [4.69, 9.17) is 22.1 Å². The molecule has 8 heteroatoms. The molecule has 0 unspecified atom stereocenters. The summed E-state index contributed by atoms with van der Waals surface area (Å²) < 4.78 is 5.49. The van der Waals surface area contributed by atoms with Crippen molar-refractivity contribution in [3.63, 3.8) is 0 Å². The highest BCUT2D eigenvalue weighted by atomic mass is 35.5. The largest absolute Gasteiger partial charge is 0.445 e. The van der Waals surface area contributed by atoms with Crippen LogP contribution in [0.4, 0.5) is 4.79 Å². The average Bonchev–Trinajstić information content (AvgIpc) is 2.87. The number of hydrogen-bond acceptors (Lipinski definition) is 6. The van der Waals surface area contributed by atoms with Crippen LogP contribution in [0.5, 0.6) is 0 Å². The molecule has 2 N–H and O–H groups in total. The van der Waals surface area contributed by atoms with Gasteiger partial charge in [0.05, 0.1) is 23.4 Å². The second kappa shape index (κ2) is 9.32. The summed E-state index contributed by atoms with van der Waals surface area (Å²) in [6, 6.07) is 22.4. The number of halogens is 1. The Kier molecular flexibility index (Phi) is 6.28. The van der Waals surface area contributed by atoms with Crippen molar-refractivity contribution in [3.05, 3.63) is 93.7 Å². The van der Waals surface area contributed by atoms with E-state index in [1.165, 1.54) is 4.90 Å². The first-order valence-corrected chi connectivity index (χ1v) is 11.0. The van der Waals surface area contributed by atoms with Gasteiger partial charge in [0.25, 0.3) is 0 Å². The maximum Gasteiger partial charge on any atom is 0.410 e. The molecule has 2 aromatic carbocycles. The van der Waals surface area contributed by atoms with Crippen molar-refractivity contribution in [1.82, 2.24) is 4.90 Å². The van der Waals surface area contributed by atoms with E-state index in [1.807, 2.05) is 30.3 Å². The Morgan fingerprint density at radius 2 is 1.88 bits per heavy atom. The van der Waals surface area contributed by atoms with Gasteiger partial charge in [0.2, 0.25) is 0 Å². The highest BCUT2D eigenvalue weighted by molar-refractivity contribution is 6.30. The number of nitrogens with two attached hydrogens (primary N) is 1. The summed E-state index contributed by atoms with van der Waals surface area (Å²) in [4.78, 5) is 14.4. The van der Waals surface area contributed by atoms with Crippen LogP contribution in [-0.2, 0) is 11.3 Å². The van der Waals surface area contributed by atoms with Crippen molar-refractivity contribution >= 4 is 17.7 Å². The van der Waals surface area contributed by atoms with E-state index in [2.05, 4.69) is 18.2 Å². The third-order valence-electron chi connectivity index (χ3n) is 6.34. The van der Waals surface area contributed by atoms with Crippen LogP contribution in [0.3, 0.4) is 0 Å². The van der Waals surface area contributed by atoms with Crippen LogP contribution in [0.15, 0.2) is 77.5 Å². The molecular weight excluding hydrogens is 450 g/mol. The number of carbonyl (C=O) groups is 1. The highest BCUT2D eigenvalue weighted by Crippen LogP contribution is 2.54. The molecule has 168 valence electrons. The third-order valence-corrected chi connectivity index (χ3v) is 6.57. The number of allylic oxidation sites excluding steroid dienone is 2. The van der Waals surface area contributed by atoms with Crippen molar-refractivity contribution in [2.45, 2.75) is 12.5 Å². The molecule has 2 atom stereocenters. The highest BCUT2D eigenvalue weighted by Gasteiger charge is 2.54. The molecule has 1 aliphatic heterocycles. The molecule has 0 bridgehead atoms. The molecule has 1 aliphatic carbocycles. The minimum atomic E-state index is -1.80. The van der Waals surface area contributed by atoms with E-state index in [1.54, 1.807) is 30.3 Å². The first-order chi connectivity index (χ1) is 16.4. The number of carbonyl (C=O) groups excluding carboxylic acids is 1. The van der Waals surface area contributed by atoms with Gasteiger partial charge in [-0.15, -0.1) is 0 Å². The van der Waals surface area contributed by atoms with Crippen LogP contribution in [0.2, 0.25) is 5.02 Å². The van der Waals surface area contributed by atoms with Gasteiger partial charge in [0.1, 0.15) is 12.7 Å². The number of fused-ring (bicyclic) bond motifs is 1. The van der Waals surface area contributed by atoms with E-state index in [-0.39, 0.29) is 31.0 Å². The monoisotopic (exact) mass is 469 g/mol. The number of benzene rings is 2. The summed E-state index contributed by atoms with van der Waals surface area (Å²) >= 11 is 6.23. The molecule has 0 fully saturated rings. The van der Waals surface area contributed by atoms with Crippen LogP contribution in [0.25, 0.3) is 0 Å². The standard InChI is InChI=1S/C26H20ClN5O2/c27-19-8-4-7-18(11-19)23-22-13-32(25(33)34-14-17-5-2-1-3-6-17)10-9-20(22)21(12-28)24(31)26(23,15-29)16-30/h1-9,11,22-23H,10,13-14,31H2/t22-,23+/m0/s1. The van der Waals surface area contributed by atoms with Crippen LogP contribution in [0, 0.1) is 45.3 Å². The van der Waals surface area contributed by atoms with Crippen LogP contribution in [-0.4, -0.2) is 24.1 Å². The molecule has 2 aliphatic rings. The fourth-order valence-electron chi connectivity index (χ4n) is 4.72. The summed E-state index contributed by atoms with van der Waals surface area (Å²) in [5.41, 5.74) is 6.65. The zero-order valence-corrected chi connectivity index (χ0v) is 18.9.